The van der Waals surface area contributed by atoms with Gasteiger partial charge in [0.1, 0.15) is 0 Å². The monoisotopic (exact) mass is 780 g/mol. The van der Waals surface area contributed by atoms with Gasteiger partial charge >= 0.3 is 0 Å². The van der Waals surface area contributed by atoms with Crippen LogP contribution >= 0.6 is 47.8 Å². The van der Waals surface area contributed by atoms with Crippen LogP contribution in [0, 0.1) is 0 Å². The van der Waals surface area contributed by atoms with Crippen LogP contribution in [0.15, 0.2) is 167 Å². The zero-order valence-electron chi connectivity index (χ0n) is 25.8. The molecular weight excluding hydrogens is 744 g/mol. The summed E-state index contributed by atoms with van der Waals surface area (Å²) in [5.41, 5.74) is 10.6. The molecule has 0 aliphatic rings. The molecule has 0 bridgehead atoms. The molecule has 1 atom stereocenters. The Kier molecular flexibility index (Phi) is 14.4. The van der Waals surface area contributed by atoms with E-state index in [4.69, 9.17) is 0 Å². The molecule has 0 saturated carbocycles. The minimum absolute atomic E-state index is 0.519. The Morgan fingerprint density at radius 3 is 1.24 bits per heavy atom. The SMILES string of the molecule is BrCc1ccc(Br)cc1.CC(Cc1ccc(Br)cc1)c1ccc(-c2ccccc2)cc1.CCc1ccc(-c2ccccc2)cc1. The fourth-order valence-corrected chi connectivity index (χ4v) is 5.77. The van der Waals surface area contributed by atoms with E-state index in [1.807, 2.05) is 18.2 Å². The molecule has 45 heavy (non-hydrogen) atoms. The third-order valence-corrected chi connectivity index (χ3v) is 9.28. The second-order valence-electron chi connectivity index (χ2n) is 10.9. The Hall–Kier alpha value is -3.24. The molecule has 3 heteroatoms. The second kappa shape index (κ2) is 18.7. The standard InChI is InChI=1S/C21H19Br.C14H14.C7H6Br2/c1-16(15-17-7-13-21(22)14-8-17)18-9-11-20(12-10-18)19-5-3-2-4-6-19;1-2-12-8-10-14(11-9-12)13-6-4-3-5-7-13;8-5-6-1-3-7(9)4-2-6/h2-14,16H,15H2,1H3;3-11H,2H2,1H3;1-4H,5H2. The molecule has 0 heterocycles. The van der Waals surface area contributed by atoms with E-state index < -0.39 is 0 Å². The van der Waals surface area contributed by atoms with Crippen LogP contribution in [0.1, 0.15) is 42.0 Å². The number of hydrogen-bond acceptors (Lipinski definition) is 0. The summed E-state index contributed by atoms with van der Waals surface area (Å²) < 4.78 is 2.27. The van der Waals surface area contributed by atoms with Crippen LogP contribution in [0.4, 0.5) is 0 Å². The van der Waals surface area contributed by atoms with Crippen molar-refractivity contribution in [3.63, 3.8) is 0 Å². The summed E-state index contributed by atoms with van der Waals surface area (Å²) in [6.07, 6.45) is 2.17. The van der Waals surface area contributed by atoms with Crippen molar-refractivity contribution in [1.29, 1.82) is 0 Å². The van der Waals surface area contributed by atoms with E-state index in [0.29, 0.717) is 5.92 Å². The summed E-state index contributed by atoms with van der Waals surface area (Å²) in [6, 6.07) is 55.6. The van der Waals surface area contributed by atoms with Crippen molar-refractivity contribution in [1.82, 2.24) is 0 Å². The van der Waals surface area contributed by atoms with E-state index in [1.54, 1.807) is 0 Å². The summed E-state index contributed by atoms with van der Waals surface area (Å²) in [5, 5.41) is 0.931. The predicted molar refractivity (Wildman–Crippen MR) is 206 cm³/mol. The van der Waals surface area contributed by atoms with Crippen molar-refractivity contribution in [2.24, 2.45) is 0 Å². The van der Waals surface area contributed by atoms with Crippen molar-refractivity contribution in [3.8, 4) is 22.3 Å². The lowest BCUT2D eigenvalue weighted by Crippen LogP contribution is -1.98. The van der Waals surface area contributed by atoms with E-state index in [1.165, 1.54) is 44.5 Å². The third kappa shape index (κ3) is 11.6. The number of rotatable bonds is 7. The minimum atomic E-state index is 0.519. The van der Waals surface area contributed by atoms with Gasteiger partial charge in [-0.3, -0.25) is 0 Å². The summed E-state index contributed by atoms with van der Waals surface area (Å²) in [6.45, 7) is 4.47. The van der Waals surface area contributed by atoms with Gasteiger partial charge in [-0.1, -0.05) is 195 Å². The van der Waals surface area contributed by atoms with Crippen molar-refractivity contribution >= 4 is 47.8 Å². The van der Waals surface area contributed by atoms with E-state index in [9.17, 15) is 0 Å². The lowest BCUT2D eigenvalue weighted by atomic mass is 9.92. The Morgan fingerprint density at radius 2 is 0.822 bits per heavy atom. The molecule has 228 valence electrons. The van der Waals surface area contributed by atoms with Crippen LogP contribution in [-0.2, 0) is 18.2 Å². The van der Waals surface area contributed by atoms with Crippen LogP contribution in [-0.4, -0.2) is 0 Å². The summed E-state index contributed by atoms with van der Waals surface area (Å²) in [4.78, 5) is 0. The molecule has 0 aliphatic carbocycles. The molecule has 0 aromatic heterocycles. The van der Waals surface area contributed by atoms with Gasteiger partial charge in [-0.05, 0) is 87.5 Å². The average molecular weight is 783 g/mol. The Morgan fingerprint density at radius 1 is 0.444 bits per heavy atom. The number of alkyl halides is 1. The Balaban J connectivity index is 0.000000171. The molecule has 0 amide bonds. The highest BCUT2D eigenvalue weighted by Crippen LogP contribution is 2.25. The van der Waals surface area contributed by atoms with Crippen LogP contribution in [0.3, 0.4) is 0 Å². The van der Waals surface area contributed by atoms with Crippen LogP contribution in [0.2, 0.25) is 0 Å². The van der Waals surface area contributed by atoms with Crippen LogP contribution in [0.5, 0.6) is 0 Å². The lowest BCUT2D eigenvalue weighted by molar-refractivity contribution is 0.759. The minimum Gasteiger partial charge on any atom is -0.0876 e. The molecule has 6 rings (SSSR count). The van der Waals surface area contributed by atoms with Gasteiger partial charge in [0, 0.05) is 14.3 Å². The van der Waals surface area contributed by atoms with Gasteiger partial charge in [0.2, 0.25) is 0 Å². The molecule has 0 fully saturated rings. The second-order valence-corrected chi connectivity index (χ2v) is 13.3. The topological polar surface area (TPSA) is 0 Å². The van der Waals surface area contributed by atoms with E-state index in [-0.39, 0.29) is 0 Å². The van der Waals surface area contributed by atoms with E-state index in [2.05, 4.69) is 201 Å². The normalized spacial score (nSPS) is 11.0. The molecule has 0 spiro atoms. The first-order valence-corrected chi connectivity index (χ1v) is 18.0. The molecular formula is C42H39Br3. The van der Waals surface area contributed by atoms with Crippen molar-refractivity contribution in [3.05, 3.63) is 189 Å². The lowest BCUT2D eigenvalue weighted by Gasteiger charge is -2.13. The smallest absolute Gasteiger partial charge is 0.0283 e. The fraction of sp³-hybridized carbons (Fsp3) is 0.143. The zero-order valence-corrected chi connectivity index (χ0v) is 30.6. The van der Waals surface area contributed by atoms with Crippen molar-refractivity contribution in [2.75, 3.05) is 0 Å². The molecule has 1 unspecified atom stereocenters. The molecule has 6 aromatic carbocycles. The predicted octanol–water partition coefficient (Wildman–Crippen LogP) is 13.7. The average Bonchev–Trinajstić information content (AvgIpc) is 3.11. The first-order chi connectivity index (χ1) is 21.9. The number of halogens is 3. The van der Waals surface area contributed by atoms with E-state index >= 15 is 0 Å². The maximum Gasteiger partial charge on any atom is 0.0283 e. The van der Waals surface area contributed by atoms with Gasteiger partial charge in [0.15, 0.2) is 0 Å². The third-order valence-electron chi connectivity index (χ3n) is 7.58. The number of aryl methyl sites for hydroxylation is 1. The molecule has 0 aliphatic heterocycles. The van der Waals surface area contributed by atoms with Gasteiger partial charge in [-0.25, -0.2) is 0 Å². The number of benzene rings is 6. The Bertz CT molecular complexity index is 1660. The molecule has 0 nitrogen and oxygen atoms in total. The quantitative estimate of drug-likeness (QED) is 0.142. The first-order valence-electron chi connectivity index (χ1n) is 15.3. The molecule has 0 radical (unpaired) electrons. The fourth-order valence-electron chi connectivity index (χ4n) is 4.86. The van der Waals surface area contributed by atoms with Gasteiger partial charge < -0.3 is 0 Å². The van der Waals surface area contributed by atoms with Crippen LogP contribution < -0.4 is 0 Å². The van der Waals surface area contributed by atoms with Gasteiger partial charge in [-0.15, -0.1) is 0 Å². The summed E-state index contributed by atoms with van der Waals surface area (Å²) >= 11 is 10.2. The van der Waals surface area contributed by atoms with Crippen LogP contribution in [0.25, 0.3) is 22.3 Å². The van der Waals surface area contributed by atoms with Gasteiger partial charge in [-0.2, -0.15) is 0 Å². The van der Waals surface area contributed by atoms with Gasteiger partial charge in [0.25, 0.3) is 0 Å². The number of hydrogen-bond donors (Lipinski definition) is 0. The maximum absolute atomic E-state index is 3.49. The highest BCUT2D eigenvalue weighted by atomic mass is 79.9. The first kappa shape index (κ1) is 34.6. The van der Waals surface area contributed by atoms with Crippen molar-refractivity contribution in [2.45, 2.75) is 37.9 Å². The Labute approximate surface area is 295 Å². The van der Waals surface area contributed by atoms with Gasteiger partial charge in [0.05, 0.1) is 0 Å². The summed E-state index contributed by atoms with van der Waals surface area (Å²) in [5.74, 6) is 0.519. The maximum atomic E-state index is 3.49. The summed E-state index contributed by atoms with van der Waals surface area (Å²) in [7, 11) is 0. The molecule has 0 N–H and O–H groups in total. The zero-order chi connectivity index (χ0) is 31.9. The highest BCUT2D eigenvalue weighted by Gasteiger charge is 2.07. The van der Waals surface area contributed by atoms with E-state index in [0.717, 1.165) is 27.1 Å². The largest absolute Gasteiger partial charge is 0.0876 e. The molecule has 6 aromatic rings. The highest BCUT2D eigenvalue weighted by molar-refractivity contribution is 9.10. The van der Waals surface area contributed by atoms with Crippen molar-refractivity contribution < 1.29 is 0 Å². The molecule has 0 saturated heterocycles.